The van der Waals surface area contributed by atoms with Gasteiger partial charge in [0.2, 0.25) is 10.0 Å². The molecule has 1 aliphatic heterocycles. The molecule has 5 heteroatoms. The first-order valence-electron chi connectivity index (χ1n) is 13.1. The van der Waals surface area contributed by atoms with E-state index in [1.807, 2.05) is 49.3 Å². The van der Waals surface area contributed by atoms with Crippen LogP contribution in [0.3, 0.4) is 0 Å². The number of hydrogen-bond donors (Lipinski definition) is 0. The summed E-state index contributed by atoms with van der Waals surface area (Å²) in [5, 5.41) is 0. The molecule has 1 saturated heterocycles. The van der Waals surface area contributed by atoms with Gasteiger partial charge >= 0.3 is 0 Å². The number of fused-ring (bicyclic) bond motifs is 2. The molecule has 37 heavy (non-hydrogen) atoms. The highest BCUT2D eigenvalue weighted by atomic mass is 32.2. The molecule has 1 heterocycles. The van der Waals surface area contributed by atoms with E-state index in [4.69, 9.17) is 4.74 Å². The highest BCUT2D eigenvalue weighted by Crippen LogP contribution is 2.56. The van der Waals surface area contributed by atoms with Gasteiger partial charge in [-0.1, -0.05) is 74.5 Å². The molecular weight excluding hydrogens is 478 g/mol. The maximum Gasteiger partial charge on any atom is 0.243 e. The molecule has 3 aromatic rings. The van der Waals surface area contributed by atoms with Crippen LogP contribution in [0.4, 0.5) is 0 Å². The summed E-state index contributed by atoms with van der Waals surface area (Å²) >= 11 is 0. The molecule has 0 aromatic heterocycles. The van der Waals surface area contributed by atoms with E-state index in [0.717, 1.165) is 33.6 Å². The molecule has 194 valence electrons. The third-order valence-electron chi connectivity index (χ3n) is 8.34. The van der Waals surface area contributed by atoms with Crippen molar-refractivity contribution >= 4 is 15.6 Å². The predicted molar refractivity (Wildman–Crippen MR) is 150 cm³/mol. The summed E-state index contributed by atoms with van der Waals surface area (Å²) in [6, 6.07) is 20.5. The first kappa shape index (κ1) is 25.7. The Labute approximate surface area is 222 Å². The zero-order valence-corrected chi connectivity index (χ0v) is 23.5. The van der Waals surface area contributed by atoms with Gasteiger partial charge in [-0.05, 0) is 78.1 Å². The quantitative estimate of drug-likeness (QED) is 0.378. The maximum absolute atomic E-state index is 14.4. The fourth-order valence-corrected chi connectivity index (χ4v) is 9.29. The van der Waals surface area contributed by atoms with Crippen LogP contribution in [0.5, 0.6) is 5.75 Å². The normalized spacial score (nSPS) is 23.7. The Kier molecular flexibility index (Phi) is 6.57. The maximum atomic E-state index is 14.4. The van der Waals surface area contributed by atoms with E-state index in [0.29, 0.717) is 11.4 Å². The molecule has 2 aliphatic rings. The van der Waals surface area contributed by atoms with Crippen LogP contribution in [0.1, 0.15) is 53.1 Å². The van der Waals surface area contributed by atoms with Crippen molar-refractivity contribution in [3.63, 3.8) is 0 Å². The molecule has 0 spiro atoms. The summed E-state index contributed by atoms with van der Waals surface area (Å²) in [7, 11) is -2.05. The molecule has 4 atom stereocenters. The molecule has 0 N–H and O–H groups in total. The Morgan fingerprint density at radius 3 is 2.22 bits per heavy atom. The molecule has 3 aromatic carbocycles. The van der Waals surface area contributed by atoms with Gasteiger partial charge in [0.1, 0.15) is 5.75 Å². The first-order chi connectivity index (χ1) is 17.6. The summed E-state index contributed by atoms with van der Waals surface area (Å²) in [5.74, 6) is 1.07. The minimum Gasteiger partial charge on any atom is -0.497 e. The van der Waals surface area contributed by atoms with Crippen molar-refractivity contribution in [3.05, 3.63) is 101 Å². The Bertz CT molecular complexity index is 1440. The average molecular weight is 516 g/mol. The SMILES string of the molecule is C=C1c2ccc(OC)cc2[C@H](c2ccccc2)[C@@H]2CN(S(=O)(=O)c3c(C)cc(C)cc3C)[C@@H](C(C)C)[C@H]12. The highest BCUT2D eigenvalue weighted by molar-refractivity contribution is 7.89. The number of methoxy groups -OCH3 is 1. The number of ether oxygens (including phenoxy) is 1. The standard InChI is InChI=1S/C32H37NO3S/c1-19(2)31-29-23(6)26-14-13-25(36-7)17-27(26)30(24-11-9-8-10-12-24)28(29)18-33(31)37(34,35)32-21(4)15-20(3)16-22(32)5/h8-17,19,28-31H,6,18H2,1-5,7H3/t28-,29-,30+,31+/m1/s1. The second-order valence-electron chi connectivity index (χ2n) is 11.1. The second-order valence-corrected chi connectivity index (χ2v) is 12.9. The van der Waals surface area contributed by atoms with E-state index in [1.54, 1.807) is 7.11 Å². The highest BCUT2D eigenvalue weighted by Gasteiger charge is 2.55. The zero-order chi connectivity index (χ0) is 26.6. The Morgan fingerprint density at radius 2 is 1.62 bits per heavy atom. The third-order valence-corrected chi connectivity index (χ3v) is 10.5. The minimum atomic E-state index is -3.73. The lowest BCUT2D eigenvalue weighted by atomic mass is 9.63. The number of hydrogen-bond acceptors (Lipinski definition) is 3. The van der Waals surface area contributed by atoms with Crippen LogP contribution >= 0.6 is 0 Å². The fourth-order valence-electron chi connectivity index (χ4n) is 7.06. The van der Waals surface area contributed by atoms with Crippen molar-refractivity contribution in [3.8, 4) is 5.75 Å². The Morgan fingerprint density at radius 1 is 0.973 bits per heavy atom. The van der Waals surface area contributed by atoms with E-state index in [2.05, 4.69) is 56.8 Å². The van der Waals surface area contributed by atoms with Gasteiger partial charge in [-0.15, -0.1) is 0 Å². The van der Waals surface area contributed by atoms with E-state index in [-0.39, 0.29) is 29.7 Å². The topological polar surface area (TPSA) is 46.6 Å². The molecule has 4 nitrogen and oxygen atoms in total. The summed E-state index contributed by atoms with van der Waals surface area (Å²) in [5.41, 5.74) is 7.20. The molecular formula is C32H37NO3S. The summed E-state index contributed by atoms with van der Waals surface area (Å²) in [4.78, 5) is 0.448. The van der Waals surface area contributed by atoms with Gasteiger partial charge in [-0.25, -0.2) is 8.42 Å². The Hall–Kier alpha value is -2.89. The molecule has 0 radical (unpaired) electrons. The van der Waals surface area contributed by atoms with Crippen molar-refractivity contribution in [1.82, 2.24) is 4.31 Å². The van der Waals surface area contributed by atoms with Gasteiger partial charge in [-0.3, -0.25) is 0 Å². The van der Waals surface area contributed by atoms with E-state index in [1.165, 1.54) is 11.1 Å². The van der Waals surface area contributed by atoms with Crippen molar-refractivity contribution in [2.45, 2.75) is 51.5 Å². The van der Waals surface area contributed by atoms with Crippen LogP contribution in [-0.2, 0) is 10.0 Å². The van der Waals surface area contributed by atoms with E-state index < -0.39 is 10.0 Å². The minimum absolute atomic E-state index is 0.0203. The van der Waals surface area contributed by atoms with Crippen LogP contribution in [0.25, 0.3) is 5.57 Å². The second kappa shape index (κ2) is 9.45. The Balaban J connectivity index is 1.71. The van der Waals surface area contributed by atoms with Crippen LogP contribution in [0, 0.1) is 38.5 Å². The van der Waals surface area contributed by atoms with Crippen LogP contribution in [0.15, 0.2) is 72.1 Å². The van der Waals surface area contributed by atoms with Gasteiger partial charge in [0.25, 0.3) is 0 Å². The van der Waals surface area contributed by atoms with Crippen molar-refractivity contribution < 1.29 is 13.2 Å². The zero-order valence-electron chi connectivity index (χ0n) is 22.7. The van der Waals surface area contributed by atoms with Crippen LogP contribution in [0.2, 0.25) is 0 Å². The van der Waals surface area contributed by atoms with Crippen molar-refractivity contribution in [1.29, 1.82) is 0 Å². The number of rotatable bonds is 5. The monoisotopic (exact) mass is 515 g/mol. The summed E-state index contributed by atoms with van der Waals surface area (Å²) < 4.78 is 36.3. The van der Waals surface area contributed by atoms with Crippen LogP contribution < -0.4 is 4.74 Å². The predicted octanol–water partition coefficient (Wildman–Crippen LogP) is 6.74. The van der Waals surface area contributed by atoms with Gasteiger partial charge in [0.05, 0.1) is 12.0 Å². The van der Waals surface area contributed by atoms with Gasteiger partial charge in [0.15, 0.2) is 0 Å². The van der Waals surface area contributed by atoms with Gasteiger partial charge in [-0.2, -0.15) is 4.31 Å². The summed E-state index contributed by atoms with van der Waals surface area (Å²) in [6.45, 7) is 15.2. The van der Waals surface area contributed by atoms with Crippen molar-refractivity contribution in [2.24, 2.45) is 17.8 Å². The number of benzene rings is 3. The van der Waals surface area contributed by atoms with Gasteiger partial charge < -0.3 is 4.74 Å². The molecule has 0 unspecified atom stereocenters. The lowest BCUT2D eigenvalue weighted by molar-refractivity contribution is 0.285. The van der Waals surface area contributed by atoms with Crippen LogP contribution in [-0.4, -0.2) is 32.4 Å². The molecule has 0 saturated carbocycles. The first-order valence-corrected chi connectivity index (χ1v) is 14.5. The molecule has 1 fully saturated rings. The van der Waals surface area contributed by atoms with Crippen molar-refractivity contribution in [2.75, 3.05) is 13.7 Å². The number of nitrogens with zero attached hydrogens (tertiary/aromatic N) is 1. The smallest absolute Gasteiger partial charge is 0.243 e. The number of aryl methyl sites for hydroxylation is 3. The third kappa shape index (κ3) is 4.13. The summed E-state index contributed by atoms with van der Waals surface area (Å²) in [6.07, 6.45) is 0. The largest absolute Gasteiger partial charge is 0.497 e. The number of sulfonamides is 1. The molecule has 0 amide bonds. The molecule has 5 rings (SSSR count). The fraction of sp³-hybridized carbons (Fsp3) is 0.375. The lowest BCUT2D eigenvalue weighted by Gasteiger charge is -2.40. The molecule has 1 aliphatic carbocycles. The van der Waals surface area contributed by atoms with Gasteiger partial charge in [0, 0.05) is 24.4 Å². The lowest BCUT2D eigenvalue weighted by Crippen LogP contribution is -2.42. The van der Waals surface area contributed by atoms with E-state index in [9.17, 15) is 8.42 Å². The molecule has 0 bridgehead atoms. The van der Waals surface area contributed by atoms with E-state index >= 15 is 0 Å². The average Bonchev–Trinajstić information content (AvgIpc) is 3.25.